The SMILES string of the molecule is COC(=O)CS(=O)(=O)C1CCCCC1N. The number of nitrogens with two attached hydrogens (primary N) is 1. The van der Waals surface area contributed by atoms with E-state index in [1.54, 1.807) is 0 Å². The molecule has 15 heavy (non-hydrogen) atoms. The molecular weight excluding hydrogens is 218 g/mol. The van der Waals surface area contributed by atoms with Crippen LogP contribution in [0, 0.1) is 0 Å². The average molecular weight is 235 g/mol. The highest BCUT2D eigenvalue weighted by Crippen LogP contribution is 2.23. The molecule has 0 aromatic heterocycles. The van der Waals surface area contributed by atoms with Crippen molar-refractivity contribution < 1.29 is 17.9 Å². The quantitative estimate of drug-likeness (QED) is 0.687. The Bertz CT molecular complexity index is 325. The van der Waals surface area contributed by atoms with E-state index in [0.717, 1.165) is 12.8 Å². The van der Waals surface area contributed by atoms with Crippen LogP contribution in [0.3, 0.4) is 0 Å². The molecule has 1 aliphatic rings. The summed E-state index contributed by atoms with van der Waals surface area (Å²) in [5, 5.41) is -0.578. The first-order valence-electron chi connectivity index (χ1n) is 5.01. The zero-order chi connectivity index (χ0) is 11.5. The van der Waals surface area contributed by atoms with E-state index in [4.69, 9.17) is 5.73 Å². The summed E-state index contributed by atoms with van der Waals surface area (Å²) in [4.78, 5) is 10.9. The van der Waals surface area contributed by atoms with Crippen LogP contribution < -0.4 is 5.73 Å². The zero-order valence-corrected chi connectivity index (χ0v) is 9.63. The van der Waals surface area contributed by atoms with Crippen LogP contribution in [-0.4, -0.2) is 38.5 Å². The van der Waals surface area contributed by atoms with E-state index in [9.17, 15) is 13.2 Å². The van der Waals surface area contributed by atoms with Crippen molar-refractivity contribution in [3.63, 3.8) is 0 Å². The summed E-state index contributed by atoms with van der Waals surface area (Å²) in [6.07, 6.45) is 3.09. The van der Waals surface area contributed by atoms with Gasteiger partial charge in [0.1, 0.15) is 5.75 Å². The van der Waals surface area contributed by atoms with Gasteiger partial charge < -0.3 is 10.5 Å². The molecule has 0 aromatic carbocycles. The molecule has 0 amide bonds. The number of esters is 1. The Labute approximate surface area is 89.9 Å². The van der Waals surface area contributed by atoms with Crippen LogP contribution >= 0.6 is 0 Å². The van der Waals surface area contributed by atoms with Gasteiger partial charge in [-0.25, -0.2) is 8.42 Å². The third-order valence-electron chi connectivity index (χ3n) is 2.76. The lowest BCUT2D eigenvalue weighted by Crippen LogP contribution is -2.44. The molecule has 1 aliphatic carbocycles. The van der Waals surface area contributed by atoms with Gasteiger partial charge in [0.15, 0.2) is 9.84 Å². The number of carbonyl (C=O) groups is 1. The van der Waals surface area contributed by atoms with E-state index in [-0.39, 0.29) is 6.04 Å². The Morgan fingerprint density at radius 2 is 2.00 bits per heavy atom. The highest BCUT2D eigenvalue weighted by molar-refractivity contribution is 7.92. The van der Waals surface area contributed by atoms with E-state index in [0.29, 0.717) is 12.8 Å². The minimum Gasteiger partial charge on any atom is -0.468 e. The molecule has 2 atom stereocenters. The average Bonchev–Trinajstić information content (AvgIpc) is 2.17. The van der Waals surface area contributed by atoms with Gasteiger partial charge in [-0.3, -0.25) is 4.79 Å². The van der Waals surface area contributed by atoms with Crippen LogP contribution in [0.2, 0.25) is 0 Å². The second-order valence-corrected chi connectivity index (χ2v) is 6.09. The highest BCUT2D eigenvalue weighted by Gasteiger charge is 2.34. The van der Waals surface area contributed by atoms with Crippen LogP contribution in [0.5, 0.6) is 0 Å². The molecule has 0 aliphatic heterocycles. The fourth-order valence-corrected chi connectivity index (χ4v) is 3.76. The van der Waals surface area contributed by atoms with Crippen LogP contribution in [-0.2, 0) is 19.4 Å². The lowest BCUT2D eigenvalue weighted by molar-refractivity contribution is -0.137. The summed E-state index contributed by atoms with van der Waals surface area (Å²) in [7, 11) is -2.26. The van der Waals surface area contributed by atoms with Crippen molar-refractivity contribution in [1.82, 2.24) is 0 Å². The Hall–Kier alpha value is -0.620. The van der Waals surface area contributed by atoms with Gasteiger partial charge in [0.2, 0.25) is 0 Å². The van der Waals surface area contributed by atoms with Crippen molar-refractivity contribution in [3.8, 4) is 0 Å². The summed E-state index contributed by atoms with van der Waals surface area (Å²) < 4.78 is 27.9. The van der Waals surface area contributed by atoms with E-state index in [2.05, 4.69) is 4.74 Å². The molecule has 88 valence electrons. The summed E-state index contributed by atoms with van der Waals surface area (Å²) in [5.74, 6) is -1.27. The van der Waals surface area contributed by atoms with Crippen molar-refractivity contribution in [1.29, 1.82) is 0 Å². The van der Waals surface area contributed by atoms with Gasteiger partial charge >= 0.3 is 5.97 Å². The monoisotopic (exact) mass is 235 g/mol. The minimum absolute atomic E-state index is 0.339. The molecule has 1 saturated carbocycles. The number of ether oxygens (including phenoxy) is 1. The topological polar surface area (TPSA) is 86.5 Å². The van der Waals surface area contributed by atoms with Gasteiger partial charge in [-0.05, 0) is 12.8 Å². The van der Waals surface area contributed by atoms with Crippen LogP contribution in [0.25, 0.3) is 0 Å². The predicted octanol–water partition coefficient (Wildman–Crippen LogP) is -0.156. The van der Waals surface area contributed by atoms with Gasteiger partial charge in [0.25, 0.3) is 0 Å². The molecule has 6 heteroatoms. The molecule has 0 radical (unpaired) electrons. The van der Waals surface area contributed by atoms with Gasteiger partial charge in [0.05, 0.1) is 12.4 Å². The maximum absolute atomic E-state index is 11.8. The first kappa shape index (κ1) is 12.4. The molecular formula is C9H17NO4S. The fourth-order valence-electron chi connectivity index (χ4n) is 1.90. The molecule has 1 fully saturated rings. The number of hydrogen-bond acceptors (Lipinski definition) is 5. The van der Waals surface area contributed by atoms with Gasteiger partial charge in [-0.1, -0.05) is 12.8 Å². The van der Waals surface area contributed by atoms with Gasteiger partial charge in [0, 0.05) is 6.04 Å². The number of hydrogen-bond donors (Lipinski definition) is 1. The lowest BCUT2D eigenvalue weighted by atomic mass is 9.96. The van der Waals surface area contributed by atoms with Crippen molar-refractivity contribution >= 4 is 15.8 Å². The number of rotatable bonds is 3. The number of carbonyl (C=O) groups excluding carboxylic acids is 1. The van der Waals surface area contributed by atoms with E-state index < -0.39 is 26.8 Å². The maximum atomic E-state index is 11.8. The molecule has 0 aromatic rings. The maximum Gasteiger partial charge on any atom is 0.320 e. The summed E-state index contributed by atoms with van der Waals surface area (Å²) in [6, 6.07) is -0.339. The van der Waals surface area contributed by atoms with Crippen LogP contribution in [0.1, 0.15) is 25.7 Å². The molecule has 0 heterocycles. The largest absolute Gasteiger partial charge is 0.468 e. The lowest BCUT2D eigenvalue weighted by Gasteiger charge is -2.27. The first-order chi connectivity index (χ1) is 6.97. The minimum atomic E-state index is -3.44. The first-order valence-corrected chi connectivity index (χ1v) is 6.73. The fraction of sp³-hybridized carbons (Fsp3) is 0.889. The van der Waals surface area contributed by atoms with Crippen LogP contribution in [0.4, 0.5) is 0 Å². The third kappa shape index (κ3) is 3.17. The summed E-state index contributed by atoms with van der Waals surface area (Å²) in [6.45, 7) is 0. The van der Waals surface area contributed by atoms with Crippen molar-refractivity contribution in [2.75, 3.05) is 12.9 Å². The van der Waals surface area contributed by atoms with Crippen molar-refractivity contribution in [2.24, 2.45) is 5.73 Å². The molecule has 1 rings (SSSR count). The Kier molecular flexibility index (Phi) is 4.10. The Morgan fingerprint density at radius 3 is 2.53 bits per heavy atom. The van der Waals surface area contributed by atoms with Gasteiger partial charge in [-0.2, -0.15) is 0 Å². The summed E-state index contributed by atoms with van der Waals surface area (Å²) in [5.41, 5.74) is 5.75. The smallest absolute Gasteiger partial charge is 0.320 e. The van der Waals surface area contributed by atoms with E-state index >= 15 is 0 Å². The third-order valence-corrected chi connectivity index (χ3v) is 4.91. The van der Waals surface area contributed by atoms with Gasteiger partial charge in [-0.15, -0.1) is 0 Å². The van der Waals surface area contributed by atoms with E-state index in [1.165, 1.54) is 7.11 Å². The second kappa shape index (κ2) is 4.94. The molecule has 5 nitrogen and oxygen atoms in total. The molecule has 2 unspecified atom stereocenters. The Morgan fingerprint density at radius 1 is 1.40 bits per heavy atom. The zero-order valence-electron chi connectivity index (χ0n) is 8.81. The van der Waals surface area contributed by atoms with Crippen molar-refractivity contribution in [3.05, 3.63) is 0 Å². The van der Waals surface area contributed by atoms with Crippen LogP contribution in [0.15, 0.2) is 0 Å². The molecule has 0 spiro atoms. The number of sulfone groups is 1. The number of methoxy groups -OCH3 is 1. The summed E-state index contributed by atoms with van der Waals surface area (Å²) >= 11 is 0. The second-order valence-electron chi connectivity index (χ2n) is 3.87. The highest BCUT2D eigenvalue weighted by atomic mass is 32.2. The van der Waals surface area contributed by atoms with E-state index in [1.807, 2.05) is 0 Å². The standard InChI is InChI=1S/C9H17NO4S/c1-14-9(11)6-15(12,13)8-5-3-2-4-7(8)10/h7-8H,2-6,10H2,1H3. The van der Waals surface area contributed by atoms with Crippen molar-refractivity contribution in [2.45, 2.75) is 37.0 Å². The molecule has 0 bridgehead atoms. The molecule has 0 saturated heterocycles. The Balaban J connectivity index is 2.71. The predicted molar refractivity (Wildman–Crippen MR) is 56.0 cm³/mol. The molecule has 2 N–H and O–H groups in total. The normalized spacial score (nSPS) is 27.3.